The fourth-order valence-electron chi connectivity index (χ4n) is 5.21. The number of amides is 2. The Morgan fingerprint density at radius 1 is 1.08 bits per heavy atom. The van der Waals surface area contributed by atoms with Gasteiger partial charge in [0.1, 0.15) is 0 Å². The Kier molecular flexibility index (Phi) is 8.05. The van der Waals surface area contributed by atoms with Gasteiger partial charge in [-0.15, -0.1) is 11.3 Å². The van der Waals surface area contributed by atoms with Gasteiger partial charge in [-0.3, -0.25) is 15.2 Å². The molecule has 1 fully saturated rings. The number of hydrogen-bond acceptors (Lipinski definition) is 4. The summed E-state index contributed by atoms with van der Waals surface area (Å²) in [5, 5.41) is 3.50. The van der Waals surface area contributed by atoms with Gasteiger partial charge in [0, 0.05) is 40.0 Å². The van der Waals surface area contributed by atoms with Crippen LogP contribution in [-0.2, 0) is 12.0 Å². The Hall–Kier alpha value is -3.05. The molecule has 2 amide bonds. The highest BCUT2D eigenvalue weighted by atomic mass is 32.1. The number of pyridine rings is 1. The van der Waals surface area contributed by atoms with Gasteiger partial charge in [0.25, 0.3) is 5.79 Å². The molecule has 0 radical (unpaired) electrons. The van der Waals surface area contributed by atoms with Gasteiger partial charge in [-0.1, -0.05) is 24.3 Å². The number of para-hydroxylation sites is 1. The van der Waals surface area contributed by atoms with E-state index in [0.717, 1.165) is 22.6 Å². The Labute approximate surface area is 228 Å². The number of thiophene rings is 1. The highest BCUT2D eigenvalue weighted by Gasteiger charge is 2.70. The predicted molar refractivity (Wildman–Crippen MR) is 142 cm³/mol. The lowest BCUT2D eigenvalue weighted by Gasteiger charge is -2.45. The zero-order valence-electron chi connectivity index (χ0n) is 21.9. The van der Waals surface area contributed by atoms with E-state index in [1.165, 1.54) is 24.3 Å². The molecule has 0 aliphatic carbocycles. The van der Waals surface area contributed by atoms with Crippen molar-refractivity contribution in [1.29, 1.82) is 0 Å². The first-order chi connectivity index (χ1) is 18.3. The molecule has 3 heterocycles. The molecule has 11 heteroatoms. The van der Waals surface area contributed by atoms with Crippen LogP contribution >= 0.6 is 11.3 Å². The normalized spacial score (nSPS) is 20.0. The summed E-state index contributed by atoms with van der Waals surface area (Å²) >= 11 is 0.816. The fraction of sp³-hybridized carbons (Fsp3) is 0.429. The molecule has 39 heavy (non-hydrogen) atoms. The van der Waals surface area contributed by atoms with Gasteiger partial charge in [-0.05, 0) is 82.5 Å². The number of aryl methyl sites for hydroxylation is 2. The number of aromatic nitrogens is 1. The van der Waals surface area contributed by atoms with Crippen molar-refractivity contribution in [3.8, 4) is 0 Å². The van der Waals surface area contributed by atoms with Crippen molar-refractivity contribution in [2.45, 2.75) is 57.5 Å². The van der Waals surface area contributed by atoms with Crippen molar-refractivity contribution in [1.82, 2.24) is 15.2 Å². The maximum atomic E-state index is 16.7. The highest BCUT2D eigenvalue weighted by molar-refractivity contribution is 7.10. The molecule has 210 valence electrons. The molecular formula is C28H31F5N4OS. The largest absolute Gasteiger partial charge is 0.442 e. The third kappa shape index (κ3) is 5.94. The summed E-state index contributed by atoms with van der Waals surface area (Å²) in [4.78, 5) is 19.4. The number of likely N-dealkylation sites (tertiary alicyclic amines) is 1. The van der Waals surface area contributed by atoms with Crippen LogP contribution in [-0.4, -0.2) is 41.0 Å². The van der Waals surface area contributed by atoms with E-state index in [2.05, 4.69) is 10.3 Å². The summed E-state index contributed by atoms with van der Waals surface area (Å²) in [5.41, 5.74) is -1.02. The Morgan fingerprint density at radius 3 is 2.38 bits per heavy atom. The van der Waals surface area contributed by atoms with Gasteiger partial charge in [-0.25, -0.2) is 9.18 Å². The minimum absolute atomic E-state index is 0.0265. The van der Waals surface area contributed by atoms with Crippen molar-refractivity contribution < 1.29 is 26.7 Å². The number of urea groups is 1. The molecule has 5 nitrogen and oxygen atoms in total. The lowest BCUT2D eigenvalue weighted by molar-refractivity contribution is -0.278. The molecule has 2 atom stereocenters. The smallest absolute Gasteiger partial charge is 0.308 e. The fourth-order valence-corrected chi connectivity index (χ4v) is 5.94. The minimum atomic E-state index is -5.42. The lowest BCUT2D eigenvalue weighted by atomic mass is 9.72. The first kappa shape index (κ1) is 28.9. The Morgan fingerprint density at radius 2 is 1.79 bits per heavy atom. The van der Waals surface area contributed by atoms with E-state index in [4.69, 9.17) is 0 Å². The van der Waals surface area contributed by atoms with Crippen LogP contribution in [0, 0.1) is 17.5 Å². The molecule has 1 aliphatic rings. The first-order valence-corrected chi connectivity index (χ1v) is 13.4. The number of anilines is 1. The molecule has 2 unspecified atom stereocenters. The van der Waals surface area contributed by atoms with Gasteiger partial charge in [0.05, 0.1) is 0 Å². The van der Waals surface area contributed by atoms with Gasteiger partial charge in [0.2, 0.25) is 0 Å². The number of carbonyl (C=O) groups excluding carboxylic acids is 1. The van der Waals surface area contributed by atoms with Gasteiger partial charge in [0.15, 0.2) is 5.13 Å². The van der Waals surface area contributed by atoms with Crippen molar-refractivity contribution in [2.75, 3.05) is 18.4 Å². The zero-order chi connectivity index (χ0) is 28.5. The summed E-state index contributed by atoms with van der Waals surface area (Å²) in [6.07, 6.45) is -4.16. The van der Waals surface area contributed by atoms with E-state index in [-0.39, 0.29) is 38.0 Å². The van der Waals surface area contributed by atoms with Crippen LogP contribution in [0.25, 0.3) is 0 Å². The first-order valence-electron chi connectivity index (χ1n) is 12.6. The summed E-state index contributed by atoms with van der Waals surface area (Å²) in [5.74, 6) is -4.06. The molecule has 2 N–H and O–H groups in total. The molecule has 1 aliphatic heterocycles. The molecular weight excluding hydrogens is 535 g/mol. The van der Waals surface area contributed by atoms with Crippen LogP contribution in [0.3, 0.4) is 0 Å². The van der Waals surface area contributed by atoms with Crippen molar-refractivity contribution in [3.63, 3.8) is 0 Å². The van der Waals surface area contributed by atoms with Gasteiger partial charge < -0.3 is 5.32 Å². The predicted octanol–water partition coefficient (Wildman–Crippen LogP) is 7.20. The zero-order valence-corrected chi connectivity index (χ0v) is 22.7. The molecule has 1 saturated heterocycles. The number of rotatable bonds is 8. The summed E-state index contributed by atoms with van der Waals surface area (Å²) < 4.78 is 74.5. The van der Waals surface area contributed by atoms with Crippen molar-refractivity contribution in [2.24, 2.45) is 5.41 Å². The molecule has 0 saturated carbocycles. The topological polar surface area (TPSA) is 57.3 Å². The van der Waals surface area contributed by atoms with E-state index in [9.17, 15) is 22.4 Å². The second-order valence-corrected chi connectivity index (χ2v) is 11.6. The summed E-state index contributed by atoms with van der Waals surface area (Å²) in [6.45, 7) is 5.41. The quantitative estimate of drug-likeness (QED) is 0.224. The lowest BCUT2D eigenvalue weighted by Crippen LogP contribution is -2.67. The molecule has 3 aromatic rings. The van der Waals surface area contributed by atoms with Crippen LogP contribution < -0.4 is 10.6 Å². The van der Waals surface area contributed by atoms with Crippen LogP contribution in [0.2, 0.25) is 0 Å². The monoisotopic (exact) mass is 566 g/mol. The molecule has 4 rings (SSSR count). The maximum Gasteiger partial charge on any atom is 0.442 e. The number of halogens is 5. The Balaban J connectivity index is 1.69. The number of nitrogens with one attached hydrogen (secondary N) is 2. The number of carbonyl (C=O) groups is 1. The Bertz CT molecular complexity index is 1280. The average molecular weight is 567 g/mol. The standard InChI is InChI=1S/C28H31F5N4OS/c1-19-9-10-20(17-34-19)25(2,3)37-16-15-26(18-37,14-13-22-11-12-23(29)39-22)27(30,28(31,32)33)36-24(38)35-21-7-5-4-6-8-21/h4-12,17H,13-16,18H2,1-3H3,(H2,35,36,38). The molecule has 1 aromatic carbocycles. The second-order valence-electron chi connectivity index (χ2n) is 10.5. The van der Waals surface area contributed by atoms with Crippen molar-refractivity contribution in [3.05, 3.63) is 82.1 Å². The van der Waals surface area contributed by atoms with Gasteiger partial charge >= 0.3 is 12.2 Å². The highest BCUT2D eigenvalue weighted by Crippen LogP contribution is 2.54. The maximum absolute atomic E-state index is 16.7. The van der Waals surface area contributed by atoms with E-state index >= 15 is 4.39 Å². The third-order valence-electron chi connectivity index (χ3n) is 7.68. The minimum Gasteiger partial charge on any atom is -0.308 e. The summed E-state index contributed by atoms with van der Waals surface area (Å²) in [6, 6.07) is 13.0. The van der Waals surface area contributed by atoms with Crippen LogP contribution in [0.5, 0.6) is 0 Å². The van der Waals surface area contributed by atoms with E-state index < -0.39 is 34.1 Å². The second kappa shape index (κ2) is 10.8. The molecule has 2 aromatic heterocycles. The SMILES string of the molecule is Cc1ccc(C(C)(C)N2CCC(CCc3ccc(F)s3)(C(F)(NC(=O)Nc3ccccc3)C(F)(F)F)C2)cn1. The van der Waals surface area contributed by atoms with Crippen molar-refractivity contribution >= 4 is 23.1 Å². The van der Waals surface area contributed by atoms with Crippen LogP contribution in [0.4, 0.5) is 32.4 Å². The third-order valence-corrected chi connectivity index (χ3v) is 8.61. The molecule has 0 bridgehead atoms. The van der Waals surface area contributed by atoms with Crippen LogP contribution in [0.15, 0.2) is 60.8 Å². The number of hydrogen-bond donors (Lipinski definition) is 2. The summed E-state index contributed by atoms with van der Waals surface area (Å²) in [7, 11) is 0. The number of nitrogens with zero attached hydrogens (tertiary/aromatic N) is 2. The van der Waals surface area contributed by atoms with E-state index in [1.54, 1.807) is 34.6 Å². The van der Waals surface area contributed by atoms with Gasteiger partial charge in [-0.2, -0.15) is 17.6 Å². The number of alkyl halides is 4. The van der Waals surface area contributed by atoms with E-state index in [1.807, 2.05) is 32.9 Å². The molecule has 0 spiro atoms. The van der Waals surface area contributed by atoms with E-state index in [0.29, 0.717) is 4.88 Å². The van der Waals surface area contributed by atoms with Crippen LogP contribution in [0.1, 0.15) is 42.8 Å². The average Bonchev–Trinajstić information content (AvgIpc) is 3.50. The number of benzene rings is 1.